The van der Waals surface area contributed by atoms with Gasteiger partial charge >= 0.3 is 0 Å². The number of carbonyl (C=O) groups excluding carboxylic acids is 2. The summed E-state index contributed by atoms with van der Waals surface area (Å²) in [5.74, 6) is 0.948. The minimum Gasteiger partial charge on any atom is -0.341 e. The fraction of sp³-hybridized carbons (Fsp3) is 0.400. The first-order chi connectivity index (χ1) is 15.6. The zero-order valence-electron chi connectivity index (χ0n) is 18.7. The van der Waals surface area contributed by atoms with Crippen LogP contribution in [0.5, 0.6) is 0 Å². The van der Waals surface area contributed by atoms with Crippen LogP contribution in [0, 0.1) is 5.92 Å². The Hall–Kier alpha value is -2.80. The zero-order valence-corrected chi connectivity index (χ0v) is 19.6. The zero-order chi connectivity index (χ0) is 22.5. The first kappa shape index (κ1) is 22.4. The van der Waals surface area contributed by atoms with Crippen molar-refractivity contribution in [2.45, 2.75) is 38.4 Å². The highest BCUT2D eigenvalue weighted by atomic mass is 32.2. The van der Waals surface area contributed by atoms with Crippen molar-refractivity contribution in [3.05, 3.63) is 54.6 Å². The predicted octanol–water partition coefficient (Wildman–Crippen LogP) is 4.44. The summed E-state index contributed by atoms with van der Waals surface area (Å²) in [6.45, 7) is 6.66. The summed E-state index contributed by atoms with van der Waals surface area (Å²) in [6.07, 6.45) is 2.23. The van der Waals surface area contributed by atoms with E-state index in [9.17, 15) is 9.59 Å². The van der Waals surface area contributed by atoms with Gasteiger partial charge in [-0.3, -0.25) is 9.59 Å². The molecule has 0 radical (unpaired) electrons. The molecule has 2 aromatic carbocycles. The summed E-state index contributed by atoms with van der Waals surface area (Å²) < 4.78 is 1.97. The lowest BCUT2D eigenvalue weighted by Crippen LogP contribution is -2.40. The number of piperidine rings is 1. The van der Waals surface area contributed by atoms with E-state index >= 15 is 0 Å². The molecule has 1 atom stereocenters. The molecule has 168 valence electrons. The molecule has 0 bridgehead atoms. The second-order valence-electron chi connectivity index (χ2n) is 8.32. The van der Waals surface area contributed by atoms with Gasteiger partial charge in [0.1, 0.15) is 6.54 Å². The second kappa shape index (κ2) is 10.2. The summed E-state index contributed by atoms with van der Waals surface area (Å²) in [5, 5.41) is 0.710. The Balaban J connectivity index is 1.52. The molecule has 0 aliphatic carbocycles. The first-order valence-electron chi connectivity index (χ1n) is 11.3. The van der Waals surface area contributed by atoms with E-state index in [2.05, 4.69) is 6.92 Å². The van der Waals surface area contributed by atoms with E-state index in [4.69, 9.17) is 4.98 Å². The van der Waals surface area contributed by atoms with Crippen molar-refractivity contribution >= 4 is 40.3 Å². The molecule has 0 N–H and O–H groups in total. The SMILES string of the molecule is CCN(C(=O)CSc1nc2ccccc2n1CC(=O)N1CCC[C@@H](C)C1)c1ccccc1. The van der Waals surface area contributed by atoms with Crippen molar-refractivity contribution in [1.82, 2.24) is 14.5 Å². The Morgan fingerprint density at radius 3 is 2.62 bits per heavy atom. The lowest BCUT2D eigenvalue weighted by Gasteiger charge is -2.31. The van der Waals surface area contributed by atoms with Gasteiger partial charge in [-0.2, -0.15) is 0 Å². The lowest BCUT2D eigenvalue weighted by atomic mass is 10.0. The van der Waals surface area contributed by atoms with Gasteiger partial charge in [-0.25, -0.2) is 4.98 Å². The van der Waals surface area contributed by atoms with Gasteiger partial charge in [0.15, 0.2) is 5.16 Å². The number of hydrogen-bond donors (Lipinski definition) is 0. The number of para-hydroxylation sites is 3. The van der Waals surface area contributed by atoms with E-state index in [-0.39, 0.29) is 24.1 Å². The number of thioether (sulfide) groups is 1. The van der Waals surface area contributed by atoms with Gasteiger partial charge in [-0.15, -0.1) is 0 Å². The average molecular weight is 451 g/mol. The maximum atomic E-state index is 13.1. The van der Waals surface area contributed by atoms with Crippen LogP contribution < -0.4 is 4.90 Å². The van der Waals surface area contributed by atoms with Crippen LogP contribution in [0.3, 0.4) is 0 Å². The fourth-order valence-electron chi connectivity index (χ4n) is 4.28. The van der Waals surface area contributed by atoms with Crippen molar-refractivity contribution in [3.63, 3.8) is 0 Å². The summed E-state index contributed by atoms with van der Waals surface area (Å²) in [4.78, 5) is 34.5. The Morgan fingerprint density at radius 1 is 1.12 bits per heavy atom. The van der Waals surface area contributed by atoms with Gasteiger partial charge in [-0.1, -0.05) is 49.0 Å². The third kappa shape index (κ3) is 4.99. The lowest BCUT2D eigenvalue weighted by molar-refractivity contribution is -0.133. The normalized spacial score (nSPS) is 16.3. The smallest absolute Gasteiger partial charge is 0.242 e. The van der Waals surface area contributed by atoms with E-state index in [1.165, 1.54) is 18.2 Å². The summed E-state index contributed by atoms with van der Waals surface area (Å²) in [7, 11) is 0. The number of benzene rings is 2. The van der Waals surface area contributed by atoms with Crippen LogP contribution in [0.15, 0.2) is 59.8 Å². The highest BCUT2D eigenvalue weighted by molar-refractivity contribution is 7.99. The van der Waals surface area contributed by atoms with Gasteiger partial charge in [0, 0.05) is 25.3 Å². The molecule has 1 aliphatic heterocycles. The van der Waals surface area contributed by atoms with Gasteiger partial charge < -0.3 is 14.4 Å². The molecule has 1 aromatic heterocycles. The topological polar surface area (TPSA) is 58.4 Å². The second-order valence-corrected chi connectivity index (χ2v) is 9.26. The molecule has 6 nitrogen and oxygen atoms in total. The van der Waals surface area contributed by atoms with Gasteiger partial charge in [0.2, 0.25) is 11.8 Å². The Morgan fingerprint density at radius 2 is 1.88 bits per heavy atom. The quantitative estimate of drug-likeness (QED) is 0.500. The molecule has 1 aliphatic rings. The summed E-state index contributed by atoms with van der Waals surface area (Å²) in [6, 6.07) is 17.5. The van der Waals surface area contributed by atoms with Crippen LogP contribution in [-0.2, 0) is 16.1 Å². The van der Waals surface area contributed by atoms with E-state index in [0.717, 1.165) is 36.2 Å². The maximum Gasteiger partial charge on any atom is 0.242 e. The van der Waals surface area contributed by atoms with Crippen LogP contribution in [0.2, 0.25) is 0 Å². The molecule has 0 spiro atoms. The molecule has 7 heteroatoms. The van der Waals surface area contributed by atoms with Crippen molar-refractivity contribution in [2.75, 3.05) is 30.3 Å². The van der Waals surface area contributed by atoms with Crippen LogP contribution >= 0.6 is 11.8 Å². The minimum atomic E-state index is 0.0264. The third-order valence-corrected chi connectivity index (χ3v) is 6.89. The van der Waals surface area contributed by atoms with Crippen LogP contribution in [0.1, 0.15) is 26.7 Å². The monoisotopic (exact) mass is 450 g/mol. The van der Waals surface area contributed by atoms with Crippen molar-refractivity contribution < 1.29 is 9.59 Å². The summed E-state index contributed by atoms with van der Waals surface area (Å²) >= 11 is 1.40. The average Bonchev–Trinajstić information content (AvgIpc) is 3.16. The number of hydrogen-bond acceptors (Lipinski definition) is 4. The molecule has 1 saturated heterocycles. The molecule has 0 unspecified atom stereocenters. The van der Waals surface area contributed by atoms with Crippen molar-refractivity contribution in [1.29, 1.82) is 0 Å². The standard InChI is InChI=1S/C25H30N4O2S/c1-3-28(20-11-5-4-6-12-20)24(31)18-32-25-26-21-13-7-8-14-22(21)29(25)17-23(30)27-15-9-10-19(2)16-27/h4-8,11-14,19H,3,9-10,15-18H2,1-2H3/t19-/m1/s1. The van der Waals surface area contributed by atoms with E-state index in [1.807, 2.05) is 71.0 Å². The molecule has 4 rings (SSSR count). The van der Waals surface area contributed by atoms with Crippen LogP contribution in [-0.4, -0.2) is 51.7 Å². The number of imidazole rings is 1. The number of fused-ring (bicyclic) bond motifs is 1. The highest BCUT2D eigenvalue weighted by Crippen LogP contribution is 2.26. The number of rotatable bonds is 7. The molecule has 1 fully saturated rings. The van der Waals surface area contributed by atoms with Crippen molar-refractivity contribution in [2.24, 2.45) is 5.92 Å². The first-order valence-corrected chi connectivity index (χ1v) is 12.3. The summed E-state index contributed by atoms with van der Waals surface area (Å²) in [5.41, 5.74) is 2.66. The fourth-order valence-corrected chi connectivity index (χ4v) is 5.17. The molecular weight excluding hydrogens is 420 g/mol. The number of amides is 2. The molecule has 3 aromatic rings. The van der Waals surface area contributed by atoms with Gasteiger partial charge in [0.25, 0.3) is 0 Å². The number of nitrogens with zero attached hydrogens (tertiary/aromatic N) is 4. The van der Waals surface area contributed by atoms with Gasteiger partial charge in [0.05, 0.1) is 16.8 Å². The molecule has 0 saturated carbocycles. The van der Waals surface area contributed by atoms with Gasteiger partial charge in [-0.05, 0) is 49.9 Å². The van der Waals surface area contributed by atoms with E-state index < -0.39 is 0 Å². The maximum absolute atomic E-state index is 13.1. The minimum absolute atomic E-state index is 0.0264. The highest BCUT2D eigenvalue weighted by Gasteiger charge is 2.23. The molecule has 2 heterocycles. The van der Waals surface area contributed by atoms with Crippen LogP contribution in [0.25, 0.3) is 11.0 Å². The molecular formula is C25H30N4O2S. The van der Waals surface area contributed by atoms with Crippen molar-refractivity contribution in [3.8, 4) is 0 Å². The number of aromatic nitrogens is 2. The Bertz CT molecular complexity index is 1080. The van der Waals surface area contributed by atoms with E-state index in [1.54, 1.807) is 4.90 Å². The molecule has 32 heavy (non-hydrogen) atoms. The largest absolute Gasteiger partial charge is 0.341 e. The predicted molar refractivity (Wildman–Crippen MR) is 130 cm³/mol. The Kier molecular flexibility index (Phi) is 7.15. The number of carbonyl (C=O) groups is 2. The third-order valence-electron chi connectivity index (χ3n) is 5.93. The Labute approximate surface area is 193 Å². The number of likely N-dealkylation sites (tertiary alicyclic amines) is 1. The number of anilines is 1. The van der Waals surface area contributed by atoms with Crippen LogP contribution in [0.4, 0.5) is 5.69 Å². The molecule has 2 amide bonds. The van der Waals surface area contributed by atoms with E-state index in [0.29, 0.717) is 17.6 Å².